The van der Waals surface area contributed by atoms with Crippen LogP contribution >= 0.6 is 0 Å². The molecule has 4 rings (SSSR count). The minimum Gasteiger partial charge on any atom is -0.465 e. The summed E-state index contributed by atoms with van der Waals surface area (Å²) in [6.45, 7) is 7.46. The fourth-order valence-electron chi connectivity index (χ4n) is 5.29. The van der Waals surface area contributed by atoms with Crippen molar-refractivity contribution in [2.24, 2.45) is 29.1 Å². The number of amides is 1. The van der Waals surface area contributed by atoms with Crippen LogP contribution in [0.3, 0.4) is 0 Å². The summed E-state index contributed by atoms with van der Waals surface area (Å²) in [5, 5.41) is 9.54. The van der Waals surface area contributed by atoms with Crippen LogP contribution in [0.1, 0.15) is 68.8 Å². The van der Waals surface area contributed by atoms with Gasteiger partial charge in [-0.2, -0.15) is 0 Å². The van der Waals surface area contributed by atoms with Crippen LogP contribution in [0.4, 0.5) is 13.6 Å². The SMILES string of the molecule is CC(C)(C)C1CC([C@H]2C[C@H]2COCc2cc(F)c(C(=O)C3CC3)c(F)c2)CCN1C(=O)O. The number of nitrogens with zero attached hydrogens (tertiary/aromatic N) is 1. The highest BCUT2D eigenvalue weighted by molar-refractivity contribution is 5.99. The molecule has 176 valence electrons. The third-order valence-electron chi connectivity index (χ3n) is 7.37. The topological polar surface area (TPSA) is 66.8 Å². The highest BCUT2D eigenvalue weighted by Gasteiger charge is 2.48. The lowest BCUT2D eigenvalue weighted by Gasteiger charge is -2.45. The zero-order valence-corrected chi connectivity index (χ0v) is 19.1. The van der Waals surface area contributed by atoms with Gasteiger partial charge in [-0.3, -0.25) is 4.79 Å². The summed E-state index contributed by atoms with van der Waals surface area (Å²) < 4.78 is 34.4. The summed E-state index contributed by atoms with van der Waals surface area (Å²) in [5.41, 5.74) is -0.134. The molecule has 0 radical (unpaired) electrons. The van der Waals surface area contributed by atoms with Gasteiger partial charge in [0.15, 0.2) is 5.78 Å². The van der Waals surface area contributed by atoms with Crippen molar-refractivity contribution in [2.75, 3.05) is 13.2 Å². The van der Waals surface area contributed by atoms with Crippen molar-refractivity contribution in [3.63, 3.8) is 0 Å². The van der Waals surface area contributed by atoms with Crippen molar-refractivity contribution < 1.29 is 28.2 Å². The van der Waals surface area contributed by atoms with E-state index in [2.05, 4.69) is 20.8 Å². The zero-order valence-electron chi connectivity index (χ0n) is 19.1. The number of hydrogen-bond acceptors (Lipinski definition) is 3. The Bertz CT molecular complexity index is 869. The zero-order chi connectivity index (χ0) is 23.2. The van der Waals surface area contributed by atoms with Crippen molar-refractivity contribution in [2.45, 2.75) is 65.5 Å². The number of ether oxygens (including phenoxy) is 1. The average Bonchev–Trinajstić information content (AvgIpc) is 3.60. The Morgan fingerprint density at radius 3 is 2.34 bits per heavy atom. The van der Waals surface area contributed by atoms with Gasteiger partial charge >= 0.3 is 6.09 Å². The third-order valence-corrected chi connectivity index (χ3v) is 7.37. The molecular weight excluding hydrogens is 416 g/mol. The quantitative estimate of drug-likeness (QED) is 0.557. The molecular formula is C25H33F2NO4. The van der Waals surface area contributed by atoms with E-state index in [4.69, 9.17) is 4.74 Å². The largest absolute Gasteiger partial charge is 0.465 e. The van der Waals surface area contributed by atoms with Crippen LogP contribution in [-0.2, 0) is 11.3 Å². The lowest BCUT2D eigenvalue weighted by Crippen LogP contribution is -2.51. The van der Waals surface area contributed by atoms with E-state index in [0.29, 0.717) is 49.3 Å². The van der Waals surface area contributed by atoms with E-state index in [0.717, 1.165) is 19.3 Å². The molecule has 32 heavy (non-hydrogen) atoms. The molecule has 1 heterocycles. The molecule has 7 heteroatoms. The summed E-state index contributed by atoms with van der Waals surface area (Å²) in [6.07, 6.45) is 3.35. The summed E-state index contributed by atoms with van der Waals surface area (Å²) in [5.74, 6) is -0.869. The smallest absolute Gasteiger partial charge is 0.407 e. The number of ketones is 1. The normalized spacial score (nSPS) is 28.0. The first-order chi connectivity index (χ1) is 15.1. The van der Waals surface area contributed by atoms with Crippen LogP contribution in [0, 0.1) is 40.7 Å². The van der Waals surface area contributed by atoms with E-state index in [9.17, 15) is 23.5 Å². The van der Waals surface area contributed by atoms with Crippen LogP contribution in [-0.4, -0.2) is 41.1 Å². The lowest BCUT2D eigenvalue weighted by atomic mass is 9.75. The summed E-state index contributed by atoms with van der Waals surface area (Å²) in [4.78, 5) is 25.3. The highest BCUT2D eigenvalue weighted by Crippen LogP contribution is 2.50. The van der Waals surface area contributed by atoms with Crippen LogP contribution in [0.15, 0.2) is 12.1 Å². The number of hydrogen-bond donors (Lipinski definition) is 1. The standard InChI is InChI=1S/C25H33F2NO4/c1-25(2,3)21-11-16(6-7-28(21)24(30)31)18-10-17(18)13-32-12-14-8-19(26)22(20(27)9-14)23(29)15-4-5-15/h8-9,15-18,21H,4-7,10-13H2,1-3H3,(H,30,31)/t16?,17-,18+,21?/m0/s1. The van der Waals surface area contributed by atoms with Gasteiger partial charge in [0.05, 0.1) is 18.8 Å². The summed E-state index contributed by atoms with van der Waals surface area (Å²) in [6, 6.07) is 2.42. The second kappa shape index (κ2) is 8.73. The lowest BCUT2D eigenvalue weighted by molar-refractivity contribution is 0.0326. The highest BCUT2D eigenvalue weighted by atomic mass is 19.1. The Hall–Kier alpha value is -2.02. The van der Waals surface area contributed by atoms with Crippen LogP contribution in [0.25, 0.3) is 0 Å². The van der Waals surface area contributed by atoms with E-state index in [1.165, 1.54) is 12.1 Å². The molecule has 1 aliphatic heterocycles. The minimum absolute atomic E-state index is 0.00346. The molecule has 0 spiro atoms. The summed E-state index contributed by atoms with van der Waals surface area (Å²) >= 11 is 0. The number of rotatable bonds is 7. The third kappa shape index (κ3) is 4.98. The maximum absolute atomic E-state index is 14.3. The van der Waals surface area contributed by atoms with Gasteiger partial charge in [-0.1, -0.05) is 20.8 Å². The maximum atomic E-state index is 14.3. The molecule has 4 atom stereocenters. The number of likely N-dealkylation sites (tertiary alicyclic amines) is 1. The second-order valence-electron chi connectivity index (χ2n) is 10.9. The molecule has 1 amide bonds. The predicted molar refractivity (Wildman–Crippen MR) is 115 cm³/mol. The van der Waals surface area contributed by atoms with Crippen molar-refractivity contribution in [1.29, 1.82) is 0 Å². The van der Waals surface area contributed by atoms with Crippen molar-refractivity contribution in [3.05, 3.63) is 34.9 Å². The number of benzene rings is 1. The molecule has 2 saturated carbocycles. The van der Waals surface area contributed by atoms with Crippen LogP contribution in [0.5, 0.6) is 0 Å². The predicted octanol–water partition coefficient (Wildman–Crippen LogP) is 5.51. The van der Waals surface area contributed by atoms with Crippen molar-refractivity contribution in [3.8, 4) is 0 Å². The van der Waals surface area contributed by atoms with Gasteiger partial charge in [-0.25, -0.2) is 13.6 Å². The summed E-state index contributed by atoms with van der Waals surface area (Å²) in [7, 11) is 0. The molecule has 1 N–H and O–H groups in total. The van der Waals surface area contributed by atoms with Gasteiger partial charge in [-0.05, 0) is 73.0 Å². The number of carbonyl (C=O) groups is 2. The Morgan fingerprint density at radius 2 is 1.78 bits per heavy atom. The number of Topliss-reactive ketones (excluding diaryl/α,β-unsaturated/α-hetero) is 1. The molecule has 5 nitrogen and oxygen atoms in total. The van der Waals surface area contributed by atoms with E-state index < -0.39 is 29.1 Å². The molecule has 0 aromatic heterocycles. The fraction of sp³-hybridized carbons (Fsp3) is 0.680. The van der Waals surface area contributed by atoms with E-state index >= 15 is 0 Å². The Kier molecular flexibility index (Phi) is 6.31. The average molecular weight is 450 g/mol. The van der Waals surface area contributed by atoms with Crippen molar-refractivity contribution >= 4 is 11.9 Å². The second-order valence-corrected chi connectivity index (χ2v) is 10.9. The molecule has 3 fully saturated rings. The number of carboxylic acid groups (broad SMARTS) is 1. The van der Waals surface area contributed by atoms with E-state index in [-0.39, 0.29) is 24.0 Å². The van der Waals surface area contributed by atoms with Crippen LogP contribution < -0.4 is 0 Å². The number of piperidine rings is 1. The molecule has 1 saturated heterocycles. The number of halogens is 2. The molecule has 0 bridgehead atoms. The van der Waals surface area contributed by atoms with Gasteiger partial charge in [0, 0.05) is 18.5 Å². The van der Waals surface area contributed by atoms with Gasteiger partial charge in [0.25, 0.3) is 0 Å². The van der Waals surface area contributed by atoms with E-state index in [1.54, 1.807) is 4.90 Å². The monoisotopic (exact) mass is 449 g/mol. The fourth-order valence-corrected chi connectivity index (χ4v) is 5.29. The van der Waals surface area contributed by atoms with Gasteiger partial charge < -0.3 is 14.7 Å². The Balaban J connectivity index is 1.28. The maximum Gasteiger partial charge on any atom is 0.407 e. The minimum atomic E-state index is -0.844. The Morgan fingerprint density at radius 1 is 1.12 bits per heavy atom. The molecule has 3 aliphatic rings. The molecule has 1 aromatic rings. The Labute approximate surface area is 188 Å². The first kappa shape index (κ1) is 23.1. The van der Waals surface area contributed by atoms with Gasteiger partial charge in [0.1, 0.15) is 11.6 Å². The van der Waals surface area contributed by atoms with E-state index in [1.807, 2.05) is 0 Å². The van der Waals surface area contributed by atoms with Crippen LogP contribution in [0.2, 0.25) is 0 Å². The van der Waals surface area contributed by atoms with Gasteiger partial charge in [-0.15, -0.1) is 0 Å². The van der Waals surface area contributed by atoms with Crippen molar-refractivity contribution in [1.82, 2.24) is 4.90 Å². The molecule has 1 aromatic carbocycles. The van der Waals surface area contributed by atoms with Gasteiger partial charge in [0.2, 0.25) is 0 Å². The molecule has 2 unspecified atom stereocenters. The first-order valence-corrected chi connectivity index (χ1v) is 11.7. The first-order valence-electron chi connectivity index (χ1n) is 11.7. The molecule has 2 aliphatic carbocycles. The number of carbonyl (C=O) groups excluding carboxylic acids is 1.